The monoisotopic (exact) mass is 447 g/mol. The van der Waals surface area contributed by atoms with Crippen LogP contribution in [0.3, 0.4) is 0 Å². The van der Waals surface area contributed by atoms with Crippen LogP contribution < -0.4 is 0 Å². The van der Waals surface area contributed by atoms with Crippen molar-refractivity contribution in [2.75, 3.05) is 0 Å². The largest absolute Gasteiger partial charge is 0.304 e. The maximum atomic E-state index is 14.1. The van der Waals surface area contributed by atoms with E-state index in [9.17, 15) is 4.39 Å². The van der Waals surface area contributed by atoms with Gasteiger partial charge in [-0.15, -0.1) is 0 Å². The van der Waals surface area contributed by atoms with Gasteiger partial charge in [-0.25, -0.2) is 4.39 Å². The van der Waals surface area contributed by atoms with Gasteiger partial charge in [-0.2, -0.15) is 0 Å². The number of alkyl halides is 1. The number of aliphatic imine (C=N–C) groups is 1. The number of aldehydes is 1. The van der Waals surface area contributed by atoms with E-state index in [0.29, 0.717) is 11.5 Å². The molecule has 0 radical (unpaired) electrons. The van der Waals surface area contributed by atoms with Crippen LogP contribution in [0.2, 0.25) is 0 Å². The Morgan fingerprint density at radius 3 is 2.42 bits per heavy atom. The molecule has 33 heavy (non-hydrogen) atoms. The summed E-state index contributed by atoms with van der Waals surface area (Å²) in [5.41, 5.74) is 6.93. The highest BCUT2D eigenvalue weighted by Gasteiger charge is 2.21. The van der Waals surface area contributed by atoms with E-state index in [-0.39, 0.29) is 0 Å². The van der Waals surface area contributed by atoms with Crippen LogP contribution in [0, 0.1) is 12.8 Å². The van der Waals surface area contributed by atoms with E-state index in [2.05, 4.69) is 56.1 Å². The number of carbonyl (C=O) groups excluding carboxylic acids is 1. The third-order valence-electron chi connectivity index (χ3n) is 5.93. The lowest BCUT2D eigenvalue weighted by atomic mass is 9.89. The summed E-state index contributed by atoms with van der Waals surface area (Å²) in [5, 5.41) is 0. The third kappa shape index (κ3) is 7.92. The topological polar surface area (TPSA) is 29.4 Å². The predicted molar refractivity (Wildman–Crippen MR) is 140 cm³/mol. The SMILES string of the molecule is CC=O.CCC/C=C\c1cc(CC(C)C2=CN=C(c3ccc(C(C)(C)F)cc3)C2)ccc1C. The van der Waals surface area contributed by atoms with E-state index in [1.807, 2.05) is 30.5 Å². The lowest BCUT2D eigenvalue weighted by Gasteiger charge is -2.16. The minimum Gasteiger partial charge on any atom is -0.304 e. The number of halogens is 1. The maximum absolute atomic E-state index is 14.1. The van der Waals surface area contributed by atoms with Crippen molar-refractivity contribution in [3.8, 4) is 0 Å². The second-order valence-electron chi connectivity index (χ2n) is 9.23. The zero-order chi connectivity index (χ0) is 24.4. The van der Waals surface area contributed by atoms with E-state index in [1.165, 1.54) is 35.6 Å². The van der Waals surface area contributed by atoms with Gasteiger partial charge in [-0.05, 0) is 79.8 Å². The molecule has 0 amide bonds. The summed E-state index contributed by atoms with van der Waals surface area (Å²) in [6.07, 6.45) is 11.5. The summed E-state index contributed by atoms with van der Waals surface area (Å²) in [4.78, 5) is 13.5. The van der Waals surface area contributed by atoms with Crippen molar-refractivity contribution in [1.82, 2.24) is 0 Å². The lowest BCUT2D eigenvalue weighted by molar-refractivity contribution is -0.106. The van der Waals surface area contributed by atoms with Gasteiger partial charge in [0.15, 0.2) is 0 Å². The second kappa shape index (κ2) is 12.4. The minimum atomic E-state index is -1.31. The first-order valence-electron chi connectivity index (χ1n) is 11.9. The Bertz CT molecular complexity index is 1010. The normalized spacial score (nSPS) is 14.4. The second-order valence-corrected chi connectivity index (χ2v) is 9.23. The number of carbonyl (C=O) groups is 1. The maximum Gasteiger partial charge on any atom is 0.130 e. The molecule has 0 aromatic heterocycles. The van der Waals surface area contributed by atoms with Crippen molar-refractivity contribution in [3.05, 3.63) is 88.1 Å². The van der Waals surface area contributed by atoms with Crippen molar-refractivity contribution in [3.63, 3.8) is 0 Å². The molecular formula is C30H38FNO. The molecule has 0 saturated heterocycles. The molecule has 1 aliphatic heterocycles. The van der Waals surface area contributed by atoms with Crippen LogP contribution >= 0.6 is 0 Å². The number of aryl methyl sites for hydroxylation is 1. The van der Waals surface area contributed by atoms with Crippen molar-refractivity contribution in [2.45, 2.75) is 72.9 Å². The van der Waals surface area contributed by atoms with Gasteiger partial charge >= 0.3 is 0 Å². The smallest absolute Gasteiger partial charge is 0.130 e. The van der Waals surface area contributed by atoms with Crippen LogP contribution in [0.5, 0.6) is 0 Å². The zero-order valence-electron chi connectivity index (χ0n) is 21.0. The Morgan fingerprint density at radius 1 is 1.15 bits per heavy atom. The highest BCUT2D eigenvalue weighted by Crippen LogP contribution is 2.29. The summed E-state index contributed by atoms with van der Waals surface area (Å²) in [5.74, 6) is 0.436. The molecule has 3 heteroatoms. The highest BCUT2D eigenvalue weighted by atomic mass is 19.1. The molecule has 1 aliphatic rings. The molecule has 1 unspecified atom stereocenters. The number of hydrogen-bond donors (Lipinski definition) is 0. The first kappa shape index (κ1) is 26.4. The fraction of sp³-hybridized carbons (Fsp3) is 0.400. The number of unbranched alkanes of at least 4 members (excludes halogenated alkanes) is 1. The van der Waals surface area contributed by atoms with Gasteiger partial charge in [0.05, 0.1) is 5.71 Å². The highest BCUT2D eigenvalue weighted by molar-refractivity contribution is 6.03. The minimum absolute atomic E-state index is 0.436. The van der Waals surface area contributed by atoms with Gasteiger partial charge in [-0.1, -0.05) is 74.9 Å². The van der Waals surface area contributed by atoms with Gasteiger partial charge < -0.3 is 4.79 Å². The van der Waals surface area contributed by atoms with Gasteiger partial charge in [0.1, 0.15) is 12.0 Å². The van der Waals surface area contributed by atoms with Gasteiger partial charge in [0, 0.05) is 12.6 Å². The molecule has 0 spiro atoms. The Kier molecular flexibility index (Phi) is 9.96. The molecule has 176 valence electrons. The Labute approximate surface area is 199 Å². The van der Waals surface area contributed by atoms with E-state index < -0.39 is 5.67 Å². The molecule has 0 aliphatic carbocycles. The van der Waals surface area contributed by atoms with Crippen molar-refractivity contribution >= 4 is 18.1 Å². The first-order valence-corrected chi connectivity index (χ1v) is 11.9. The summed E-state index contributed by atoms with van der Waals surface area (Å²) in [7, 11) is 0. The number of rotatable bonds is 8. The summed E-state index contributed by atoms with van der Waals surface area (Å²) in [6, 6.07) is 14.5. The molecule has 0 bridgehead atoms. The molecule has 2 aromatic carbocycles. The average Bonchev–Trinajstić information content (AvgIpc) is 3.27. The van der Waals surface area contributed by atoms with Crippen LogP contribution in [-0.4, -0.2) is 12.0 Å². The van der Waals surface area contributed by atoms with E-state index in [4.69, 9.17) is 4.79 Å². The van der Waals surface area contributed by atoms with Gasteiger partial charge in [0.2, 0.25) is 0 Å². The first-order chi connectivity index (χ1) is 15.7. The number of hydrogen-bond acceptors (Lipinski definition) is 2. The summed E-state index contributed by atoms with van der Waals surface area (Å²) in [6.45, 7) is 11.3. The predicted octanol–water partition coefficient (Wildman–Crippen LogP) is 8.17. The number of benzene rings is 2. The average molecular weight is 448 g/mol. The number of nitrogens with zero attached hydrogens (tertiary/aromatic N) is 1. The molecule has 0 saturated carbocycles. The van der Waals surface area contributed by atoms with Crippen LogP contribution in [0.4, 0.5) is 4.39 Å². The van der Waals surface area contributed by atoms with E-state index in [0.717, 1.165) is 36.8 Å². The fourth-order valence-electron chi connectivity index (χ4n) is 3.84. The Balaban J connectivity index is 0.00000122. The molecular weight excluding hydrogens is 409 g/mol. The van der Waals surface area contributed by atoms with Crippen LogP contribution in [0.1, 0.15) is 81.7 Å². The number of allylic oxidation sites excluding steroid dienone is 2. The molecule has 1 atom stereocenters. The zero-order valence-corrected chi connectivity index (χ0v) is 21.0. The molecule has 3 rings (SSSR count). The van der Waals surface area contributed by atoms with Crippen LogP contribution in [0.15, 0.2) is 65.3 Å². The summed E-state index contributed by atoms with van der Waals surface area (Å²) < 4.78 is 14.1. The molecule has 0 fully saturated rings. The van der Waals surface area contributed by atoms with E-state index >= 15 is 0 Å². The fourth-order valence-corrected chi connectivity index (χ4v) is 3.84. The van der Waals surface area contributed by atoms with Crippen LogP contribution in [-0.2, 0) is 16.9 Å². The van der Waals surface area contributed by atoms with Gasteiger partial charge in [-0.3, -0.25) is 4.99 Å². The van der Waals surface area contributed by atoms with E-state index in [1.54, 1.807) is 13.8 Å². The molecule has 1 heterocycles. The van der Waals surface area contributed by atoms with Gasteiger partial charge in [0.25, 0.3) is 0 Å². The van der Waals surface area contributed by atoms with Crippen LogP contribution in [0.25, 0.3) is 6.08 Å². The Morgan fingerprint density at radius 2 is 1.82 bits per heavy atom. The quantitative estimate of drug-likeness (QED) is 0.375. The molecule has 2 aromatic rings. The third-order valence-corrected chi connectivity index (χ3v) is 5.93. The lowest BCUT2D eigenvalue weighted by Crippen LogP contribution is -2.10. The molecule has 2 nitrogen and oxygen atoms in total. The molecule has 0 N–H and O–H groups in total. The standard InChI is InChI=1S/C28H34FN.C2H4O/c1-6-7-8-9-24-17-22(11-10-20(24)2)16-21(3)25-18-27(30-19-25)23-12-14-26(15-13-23)28(4,5)29;1-2-3/h8-15,17,19,21H,6-7,16,18H2,1-5H3;2H,1H3/b9-8-;. The van der Waals surface area contributed by atoms with Crippen molar-refractivity contribution in [2.24, 2.45) is 10.9 Å². The summed E-state index contributed by atoms with van der Waals surface area (Å²) >= 11 is 0. The van der Waals surface area contributed by atoms with Crippen molar-refractivity contribution < 1.29 is 9.18 Å². The van der Waals surface area contributed by atoms with Crippen molar-refractivity contribution in [1.29, 1.82) is 0 Å². The Hall–Kier alpha value is -2.81.